The summed E-state index contributed by atoms with van der Waals surface area (Å²) in [7, 11) is 1.55. The number of methoxy groups -OCH3 is 1. The van der Waals surface area contributed by atoms with E-state index in [4.69, 9.17) is 20.7 Å². The molecule has 0 spiro atoms. The summed E-state index contributed by atoms with van der Waals surface area (Å²) in [4.78, 5) is 18.2. The molecule has 0 aromatic heterocycles. The third-order valence-corrected chi connectivity index (χ3v) is 5.11. The van der Waals surface area contributed by atoms with Gasteiger partial charge in [-0.3, -0.25) is 4.79 Å². The van der Waals surface area contributed by atoms with E-state index < -0.39 is 6.04 Å². The molecule has 3 rings (SSSR count). The van der Waals surface area contributed by atoms with E-state index in [0.29, 0.717) is 22.6 Å². The van der Waals surface area contributed by atoms with Crippen molar-refractivity contribution in [1.29, 1.82) is 0 Å². The lowest BCUT2D eigenvalue weighted by Crippen LogP contribution is -2.30. The molecule has 1 fully saturated rings. The third-order valence-electron chi connectivity index (χ3n) is 5.11. The Labute approximate surface area is 181 Å². The van der Waals surface area contributed by atoms with Crippen LogP contribution in [0.2, 0.25) is 0 Å². The monoisotopic (exact) mass is 421 g/mol. The van der Waals surface area contributed by atoms with Gasteiger partial charge in [0.1, 0.15) is 18.1 Å². The molecule has 0 amide bonds. The van der Waals surface area contributed by atoms with Gasteiger partial charge in [-0.1, -0.05) is 29.4 Å². The number of nitrogens with two attached hydrogens (primary N) is 1. The van der Waals surface area contributed by atoms with Crippen LogP contribution >= 0.6 is 0 Å². The normalized spacial score (nSPS) is 14.5. The van der Waals surface area contributed by atoms with Gasteiger partial charge in [0.25, 0.3) is 0 Å². The van der Waals surface area contributed by atoms with E-state index >= 15 is 0 Å². The number of ketones is 1. The van der Waals surface area contributed by atoms with Crippen LogP contribution in [0.5, 0.6) is 11.5 Å². The lowest BCUT2D eigenvalue weighted by molar-refractivity contribution is 0.103. The summed E-state index contributed by atoms with van der Waals surface area (Å²) in [5, 5.41) is 3.44. The van der Waals surface area contributed by atoms with Crippen molar-refractivity contribution in [1.82, 2.24) is 0 Å². The molecule has 1 atom stereocenters. The van der Waals surface area contributed by atoms with Crippen molar-refractivity contribution in [3.63, 3.8) is 0 Å². The first-order chi connectivity index (χ1) is 15.0. The van der Waals surface area contributed by atoms with E-state index in [1.54, 1.807) is 31.4 Å². The molecule has 31 heavy (non-hydrogen) atoms. The predicted molar refractivity (Wildman–Crippen MR) is 121 cm³/mol. The molecule has 8 nitrogen and oxygen atoms in total. The zero-order valence-electron chi connectivity index (χ0n) is 17.7. The van der Waals surface area contributed by atoms with E-state index in [-0.39, 0.29) is 18.9 Å². The molecule has 0 bridgehead atoms. The first-order valence-electron chi connectivity index (χ1n) is 10.2. The molecule has 2 aromatic rings. The number of nitrogens with zero attached hydrogens (tertiary/aromatic N) is 4. The second-order valence-electron chi connectivity index (χ2n) is 7.50. The number of azide groups is 1. The van der Waals surface area contributed by atoms with Crippen molar-refractivity contribution >= 4 is 11.5 Å². The van der Waals surface area contributed by atoms with E-state index in [9.17, 15) is 4.79 Å². The van der Waals surface area contributed by atoms with Gasteiger partial charge in [-0.15, -0.1) is 0 Å². The minimum absolute atomic E-state index is 0.141. The molecule has 1 aliphatic rings. The van der Waals surface area contributed by atoms with Crippen LogP contribution < -0.4 is 20.1 Å². The zero-order chi connectivity index (χ0) is 22.2. The van der Waals surface area contributed by atoms with Crippen molar-refractivity contribution in [2.45, 2.75) is 18.9 Å². The van der Waals surface area contributed by atoms with E-state index in [1.165, 1.54) is 5.57 Å². The maximum atomic E-state index is 13.3. The number of anilines is 1. The van der Waals surface area contributed by atoms with Crippen LogP contribution in [-0.4, -0.2) is 45.2 Å². The highest BCUT2D eigenvalue weighted by molar-refractivity contribution is 6.11. The van der Waals surface area contributed by atoms with Gasteiger partial charge in [-0.2, -0.15) is 0 Å². The molecule has 2 aromatic carbocycles. The first kappa shape index (κ1) is 22.2. The quantitative estimate of drug-likeness (QED) is 0.215. The van der Waals surface area contributed by atoms with Crippen molar-refractivity contribution in [2.24, 2.45) is 10.8 Å². The molecule has 0 aliphatic carbocycles. The highest BCUT2D eigenvalue weighted by atomic mass is 16.5. The van der Waals surface area contributed by atoms with Crippen LogP contribution in [-0.2, 0) is 0 Å². The number of hydrogen-bond donors (Lipinski definition) is 1. The molecule has 0 saturated carbocycles. The zero-order valence-corrected chi connectivity index (χ0v) is 17.7. The second-order valence-corrected chi connectivity index (χ2v) is 7.50. The third kappa shape index (κ3) is 5.78. The fourth-order valence-electron chi connectivity index (χ4n) is 3.52. The number of piperidine rings is 1. The summed E-state index contributed by atoms with van der Waals surface area (Å²) in [5.41, 5.74) is 17.4. The van der Waals surface area contributed by atoms with Gasteiger partial charge >= 0.3 is 0 Å². The fourth-order valence-corrected chi connectivity index (χ4v) is 3.52. The van der Waals surface area contributed by atoms with Crippen LogP contribution in [0.1, 0.15) is 28.8 Å². The van der Waals surface area contributed by atoms with Gasteiger partial charge < -0.3 is 20.1 Å². The number of ether oxygens (including phenoxy) is 2. The topological polar surface area (TPSA) is 114 Å². The lowest BCUT2D eigenvalue weighted by Gasteiger charge is -2.30. The largest absolute Gasteiger partial charge is 0.496 e. The summed E-state index contributed by atoms with van der Waals surface area (Å²) >= 11 is 0. The maximum absolute atomic E-state index is 13.3. The Hall–Kier alpha value is -3.48. The number of carbonyl (C=O) groups excluding carboxylic acids is 1. The minimum Gasteiger partial charge on any atom is -0.496 e. The maximum Gasteiger partial charge on any atom is 0.196 e. The van der Waals surface area contributed by atoms with Crippen molar-refractivity contribution in [2.75, 3.05) is 38.3 Å². The van der Waals surface area contributed by atoms with Crippen LogP contribution in [0.25, 0.3) is 10.4 Å². The van der Waals surface area contributed by atoms with E-state index in [2.05, 4.69) is 21.5 Å². The molecule has 0 radical (unpaired) electrons. The fraction of sp³-hybridized carbons (Fsp3) is 0.348. The first-order valence-corrected chi connectivity index (χ1v) is 10.2. The van der Waals surface area contributed by atoms with Crippen LogP contribution in [0.4, 0.5) is 5.69 Å². The van der Waals surface area contributed by atoms with Crippen molar-refractivity contribution in [3.05, 3.63) is 76.2 Å². The average Bonchev–Trinajstić information content (AvgIpc) is 2.80. The summed E-state index contributed by atoms with van der Waals surface area (Å²) in [6, 6.07) is 12.2. The van der Waals surface area contributed by atoms with Crippen LogP contribution in [0, 0.1) is 0 Å². The summed E-state index contributed by atoms with van der Waals surface area (Å²) < 4.78 is 11.1. The van der Waals surface area contributed by atoms with Crippen LogP contribution in [0.15, 0.2) is 59.7 Å². The highest BCUT2D eigenvalue weighted by Crippen LogP contribution is 2.30. The Morgan fingerprint density at radius 1 is 1.35 bits per heavy atom. The molecule has 0 unspecified atom stereocenters. The number of rotatable bonds is 9. The highest BCUT2D eigenvalue weighted by Gasteiger charge is 2.20. The molecule has 162 valence electrons. The summed E-state index contributed by atoms with van der Waals surface area (Å²) in [6.45, 7) is 6.14. The Balaban J connectivity index is 1.80. The van der Waals surface area contributed by atoms with Gasteiger partial charge in [0.2, 0.25) is 0 Å². The Morgan fingerprint density at radius 2 is 2.19 bits per heavy atom. The second kappa shape index (κ2) is 10.5. The molecular formula is C23H27N5O3. The molecule has 1 aliphatic heterocycles. The van der Waals surface area contributed by atoms with Gasteiger partial charge in [-0.25, -0.2) is 0 Å². The summed E-state index contributed by atoms with van der Waals surface area (Å²) in [5.74, 6) is 0.885. The van der Waals surface area contributed by atoms with Gasteiger partial charge in [0.15, 0.2) is 5.78 Å². The van der Waals surface area contributed by atoms with Crippen molar-refractivity contribution < 1.29 is 14.3 Å². The Bertz CT molecular complexity index is 1000. The molecule has 1 saturated heterocycles. The lowest BCUT2D eigenvalue weighted by atomic mass is 10.00. The SMILES string of the molecule is C=C1CCCN(c2ccc(OC)c(C(=O)c3cccc(OC[C@H](N)CN=[N+]=[N-])c3)c2)C1. The molecular weight excluding hydrogens is 394 g/mol. The average molecular weight is 422 g/mol. The van der Waals surface area contributed by atoms with Gasteiger partial charge in [0, 0.05) is 41.8 Å². The Morgan fingerprint density at radius 3 is 2.94 bits per heavy atom. The van der Waals surface area contributed by atoms with E-state index in [0.717, 1.165) is 31.6 Å². The van der Waals surface area contributed by atoms with Gasteiger partial charge in [0.05, 0.1) is 12.7 Å². The molecule has 2 N–H and O–H groups in total. The molecule has 8 heteroatoms. The van der Waals surface area contributed by atoms with Gasteiger partial charge in [-0.05, 0) is 48.7 Å². The predicted octanol–water partition coefficient (Wildman–Crippen LogP) is 4.10. The smallest absolute Gasteiger partial charge is 0.196 e. The van der Waals surface area contributed by atoms with Crippen LogP contribution in [0.3, 0.4) is 0 Å². The standard InChI is InChI=1S/C23H27N5O3/c1-16-5-4-10-28(14-16)19-8-9-22(30-2)21(12-19)23(29)17-6-3-7-20(11-17)31-15-18(24)13-26-27-25/h3,6-9,11-12,18H,1,4-5,10,13-15,24H2,2H3/t18-/m1/s1. The Kier molecular flexibility index (Phi) is 7.54. The van der Waals surface area contributed by atoms with Crippen molar-refractivity contribution in [3.8, 4) is 11.5 Å². The minimum atomic E-state index is -0.425. The summed E-state index contributed by atoms with van der Waals surface area (Å²) in [6.07, 6.45) is 2.09. The molecule has 1 heterocycles. The number of benzene rings is 2. The number of hydrogen-bond acceptors (Lipinski definition) is 6. The number of carbonyl (C=O) groups is 1. The van der Waals surface area contributed by atoms with E-state index in [1.807, 2.05) is 18.2 Å².